The van der Waals surface area contributed by atoms with Crippen molar-refractivity contribution in [1.29, 1.82) is 0 Å². The van der Waals surface area contributed by atoms with Gasteiger partial charge in [0, 0.05) is 24.3 Å². The van der Waals surface area contributed by atoms with Crippen molar-refractivity contribution in [1.82, 2.24) is 4.57 Å². The van der Waals surface area contributed by atoms with Gasteiger partial charge in [-0.15, -0.1) is 0 Å². The summed E-state index contributed by atoms with van der Waals surface area (Å²) in [6.45, 7) is 4.44. The zero-order valence-electron chi connectivity index (χ0n) is 8.16. The summed E-state index contributed by atoms with van der Waals surface area (Å²) in [6, 6.07) is 3.76. The van der Waals surface area contributed by atoms with Crippen LogP contribution in [0.2, 0.25) is 0 Å². The van der Waals surface area contributed by atoms with Gasteiger partial charge in [0.25, 0.3) is 5.56 Å². The zero-order chi connectivity index (χ0) is 9.84. The van der Waals surface area contributed by atoms with Crippen molar-refractivity contribution in [3.05, 3.63) is 34.2 Å². The standard InChI is InChI=1S/C10H16N2O/c1-3-9(11)7-12-6-4-5-8(2)10(12)13/h4-6,9H,3,7,11H2,1-2H3. The number of aromatic nitrogens is 1. The Labute approximate surface area is 78.2 Å². The van der Waals surface area contributed by atoms with Crippen LogP contribution in [0.25, 0.3) is 0 Å². The van der Waals surface area contributed by atoms with Gasteiger partial charge in [0.05, 0.1) is 0 Å². The van der Waals surface area contributed by atoms with Gasteiger partial charge in [-0.05, 0) is 19.4 Å². The van der Waals surface area contributed by atoms with Crippen LogP contribution in [0.3, 0.4) is 0 Å². The molecule has 0 spiro atoms. The van der Waals surface area contributed by atoms with Crippen molar-refractivity contribution >= 4 is 0 Å². The molecule has 0 aliphatic heterocycles. The quantitative estimate of drug-likeness (QED) is 0.751. The lowest BCUT2D eigenvalue weighted by Crippen LogP contribution is -2.31. The first-order valence-corrected chi connectivity index (χ1v) is 4.56. The number of nitrogens with zero attached hydrogens (tertiary/aromatic N) is 1. The minimum Gasteiger partial charge on any atom is -0.326 e. The molecular weight excluding hydrogens is 164 g/mol. The van der Waals surface area contributed by atoms with Gasteiger partial charge >= 0.3 is 0 Å². The molecule has 0 aliphatic carbocycles. The molecule has 0 saturated carbocycles. The molecule has 1 heterocycles. The molecule has 3 nitrogen and oxygen atoms in total. The van der Waals surface area contributed by atoms with Crippen LogP contribution in [0.15, 0.2) is 23.1 Å². The number of nitrogens with two attached hydrogens (primary N) is 1. The lowest BCUT2D eigenvalue weighted by molar-refractivity contribution is 0.526. The van der Waals surface area contributed by atoms with E-state index in [2.05, 4.69) is 0 Å². The average molecular weight is 180 g/mol. The van der Waals surface area contributed by atoms with Crippen LogP contribution < -0.4 is 11.3 Å². The predicted octanol–water partition coefficient (Wildman–Crippen LogP) is 0.894. The number of rotatable bonds is 3. The molecule has 72 valence electrons. The van der Waals surface area contributed by atoms with E-state index in [-0.39, 0.29) is 11.6 Å². The molecule has 0 radical (unpaired) electrons. The predicted molar refractivity (Wildman–Crippen MR) is 53.7 cm³/mol. The Bertz CT molecular complexity index is 330. The van der Waals surface area contributed by atoms with Crippen LogP contribution in [0, 0.1) is 6.92 Å². The summed E-state index contributed by atoms with van der Waals surface area (Å²) in [7, 11) is 0. The van der Waals surface area contributed by atoms with Gasteiger partial charge in [-0.2, -0.15) is 0 Å². The second-order valence-corrected chi connectivity index (χ2v) is 3.32. The van der Waals surface area contributed by atoms with Crippen LogP contribution in [0.5, 0.6) is 0 Å². The Morgan fingerprint density at radius 2 is 2.31 bits per heavy atom. The summed E-state index contributed by atoms with van der Waals surface area (Å²) in [6.07, 6.45) is 2.67. The molecular formula is C10H16N2O. The Hall–Kier alpha value is -1.09. The van der Waals surface area contributed by atoms with Gasteiger partial charge in [-0.25, -0.2) is 0 Å². The Morgan fingerprint density at radius 1 is 1.62 bits per heavy atom. The third-order valence-electron chi connectivity index (χ3n) is 2.17. The van der Waals surface area contributed by atoms with E-state index >= 15 is 0 Å². The molecule has 0 aliphatic rings. The SMILES string of the molecule is CCC(N)Cn1cccc(C)c1=O. The first-order valence-electron chi connectivity index (χ1n) is 4.56. The smallest absolute Gasteiger partial charge is 0.253 e. The summed E-state index contributed by atoms with van der Waals surface area (Å²) in [5, 5.41) is 0. The highest BCUT2D eigenvalue weighted by atomic mass is 16.1. The van der Waals surface area contributed by atoms with Crippen LogP contribution >= 0.6 is 0 Å². The van der Waals surface area contributed by atoms with E-state index in [1.54, 1.807) is 10.8 Å². The van der Waals surface area contributed by atoms with E-state index in [4.69, 9.17) is 5.73 Å². The fourth-order valence-corrected chi connectivity index (χ4v) is 1.18. The molecule has 0 aromatic carbocycles. The highest BCUT2D eigenvalue weighted by Gasteiger charge is 2.02. The maximum absolute atomic E-state index is 11.5. The van der Waals surface area contributed by atoms with Crippen LogP contribution in [0.1, 0.15) is 18.9 Å². The maximum atomic E-state index is 11.5. The first kappa shape index (κ1) is 9.99. The largest absolute Gasteiger partial charge is 0.326 e. The molecule has 0 saturated heterocycles. The second kappa shape index (κ2) is 4.23. The molecule has 2 N–H and O–H groups in total. The van der Waals surface area contributed by atoms with E-state index in [0.717, 1.165) is 12.0 Å². The minimum absolute atomic E-state index is 0.0615. The normalized spacial score (nSPS) is 12.8. The van der Waals surface area contributed by atoms with E-state index in [1.807, 2.05) is 26.0 Å². The lowest BCUT2D eigenvalue weighted by atomic mass is 10.2. The highest BCUT2D eigenvalue weighted by molar-refractivity contribution is 5.07. The van der Waals surface area contributed by atoms with E-state index in [0.29, 0.717) is 6.54 Å². The Balaban J connectivity index is 2.89. The topological polar surface area (TPSA) is 48.0 Å². The summed E-state index contributed by atoms with van der Waals surface area (Å²) >= 11 is 0. The number of pyridine rings is 1. The van der Waals surface area contributed by atoms with Gasteiger partial charge in [0.2, 0.25) is 0 Å². The monoisotopic (exact) mass is 180 g/mol. The molecule has 3 heteroatoms. The Kier molecular flexibility index (Phi) is 3.25. The third-order valence-corrected chi connectivity index (χ3v) is 2.17. The fraction of sp³-hybridized carbons (Fsp3) is 0.500. The van der Waals surface area contributed by atoms with Crippen molar-refractivity contribution in [2.45, 2.75) is 32.9 Å². The summed E-state index contributed by atoms with van der Waals surface area (Å²) in [5.74, 6) is 0. The van der Waals surface area contributed by atoms with Gasteiger partial charge in [0.1, 0.15) is 0 Å². The van der Waals surface area contributed by atoms with E-state index in [1.165, 1.54) is 0 Å². The molecule has 13 heavy (non-hydrogen) atoms. The number of hydrogen-bond acceptors (Lipinski definition) is 2. The van der Waals surface area contributed by atoms with Gasteiger partial charge in [0.15, 0.2) is 0 Å². The fourth-order valence-electron chi connectivity index (χ4n) is 1.18. The molecule has 1 atom stereocenters. The van der Waals surface area contributed by atoms with Crippen molar-refractivity contribution in [3.8, 4) is 0 Å². The highest BCUT2D eigenvalue weighted by Crippen LogP contribution is 1.93. The molecule has 0 amide bonds. The van der Waals surface area contributed by atoms with Crippen molar-refractivity contribution in [3.63, 3.8) is 0 Å². The molecule has 1 unspecified atom stereocenters. The van der Waals surface area contributed by atoms with Crippen LogP contribution in [0.4, 0.5) is 0 Å². The molecule has 1 aromatic rings. The molecule has 1 rings (SSSR count). The minimum atomic E-state index is 0.0615. The molecule has 0 bridgehead atoms. The van der Waals surface area contributed by atoms with Crippen molar-refractivity contribution in [2.75, 3.05) is 0 Å². The van der Waals surface area contributed by atoms with Crippen molar-refractivity contribution < 1.29 is 0 Å². The average Bonchev–Trinajstić information content (AvgIpc) is 2.13. The van der Waals surface area contributed by atoms with Crippen molar-refractivity contribution in [2.24, 2.45) is 5.73 Å². The Morgan fingerprint density at radius 3 is 2.92 bits per heavy atom. The second-order valence-electron chi connectivity index (χ2n) is 3.32. The van der Waals surface area contributed by atoms with Crippen LogP contribution in [-0.2, 0) is 6.54 Å². The van der Waals surface area contributed by atoms with Crippen LogP contribution in [-0.4, -0.2) is 10.6 Å². The number of hydrogen-bond donors (Lipinski definition) is 1. The number of aryl methyl sites for hydroxylation is 1. The zero-order valence-corrected chi connectivity index (χ0v) is 8.16. The first-order chi connectivity index (χ1) is 6.15. The van der Waals surface area contributed by atoms with Gasteiger partial charge in [-0.1, -0.05) is 13.0 Å². The van der Waals surface area contributed by atoms with E-state index < -0.39 is 0 Å². The van der Waals surface area contributed by atoms with Gasteiger partial charge in [-0.3, -0.25) is 4.79 Å². The maximum Gasteiger partial charge on any atom is 0.253 e. The third kappa shape index (κ3) is 2.42. The molecule has 0 fully saturated rings. The lowest BCUT2D eigenvalue weighted by Gasteiger charge is -2.11. The van der Waals surface area contributed by atoms with Gasteiger partial charge < -0.3 is 10.3 Å². The van der Waals surface area contributed by atoms with E-state index in [9.17, 15) is 4.79 Å². The summed E-state index contributed by atoms with van der Waals surface area (Å²) in [4.78, 5) is 11.5. The summed E-state index contributed by atoms with van der Waals surface area (Å²) in [5.41, 5.74) is 6.59. The molecule has 1 aromatic heterocycles. The summed E-state index contributed by atoms with van der Waals surface area (Å²) < 4.78 is 1.67.